The van der Waals surface area contributed by atoms with Crippen LogP contribution in [0.25, 0.3) is 5.57 Å². The topological polar surface area (TPSA) is 86.8 Å². The lowest BCUT2D eigenvalue weighted by Crippen LogP contribution is -2.41. The van der Waals surface area contributed by atoms with Gasteiger partial charge >= 0.3 is 0 Å². The van der Waals surface area contributed by atoms with E-state index in [-0.39, 0.29) is 30.1 Å². The van der Waals surface area contributed by atoms with Crippen LogP contribution >= 0.6 is 22.9 Å². The molecule has 1 aromatic heterocycles. The highest BCUT2D eigenvalue weighted by Gasteiger charge is 2.36. The van der Waals surface area contributed by atoms with Gasteiger partial charge in [0.25, 0.3) is 5.91 Å². The lowest BCUT2D eigenvalue weighted by molar-refractivity contribution is -0.118. The fraction of sp³-hybridized carbons (Fsp3) is 0.300. The van der Waals surface area contributed by atoms with Gasteiger partial charge in [-0.1, -0.05) is 11.6 Å². The van der Waals surface area contributed by atoms with Crippen LogP contribution in [-0.2, 0) is 14.8 Å². The maximum atomic E-state index is 14.6. The Morgan fingerprint density at radius 2 is 2.03 bits per heavy atom. The van der Waals surface area contributed by atoms with Gasteiger partial charge in [0, 0.05) is 31.1 Å². The molecule has 0 saturated carbocycles. The molecule has 1 fully saturated rings. The molecule has 2 heterocycles. The number of nitrogens with zero attached hydrogens (tertiary/aromatic N) is 2. The fourth-order valence-electron chi connectivity index (χ4n) is 3.19. The number of rotatable bonds is 6. The first kappa shape index (κ1) is 23.4. The Hall–Kier alpha value is -2.27. The number of thiophene rings is 1. The van der Waals surface area contributed by atoms with E-state index in [2.05, 4.69) is 4.72 Å². The first-order valence-electron chi connectivity index (χ1n) is 9.27. The minimum absolute atomic E-state index is 0.00181. The number of anilines is 1. The number of amides is 2. The molecule has 1 N–H and O–H groups in total. The third-order valence-corrected chi connectivity index (χ3v) is 7.34. The molecule has 1 saturated heterocycles. The molecule has 2 aromatic rings. The van der Waals surface area contributed by atoms with Gasteiger partial charge in [0.2, 0.25) is 15.9 Å². The summed E-state index contributed by atoms with van der Waals surface area (Å²) in [5, 5.41) is 1.05. The summed E-state index contributed by atoms with van der Waals surface area (Å²) in [5.41, 5.74) is 0.644. The molecule has 1 atom stereocenters. The summed E-state index contributed by atoms with van der Waals surface area (Å²) in [6.45, 7) is 1.78. The Morgan fingerprint density at radius 1 is 1.32 bits per heavy atom. The molecule has 31 heavy (non-hydrogen) atoms. The number of benzene rings is 1. The molecule has 0 radical (unpaired) electrons. The number of sulfonamides is 1. The fourth-order valence-corrected chi connectivity index (χ4v) is 5.56. The molecule has 0 unspecified atom stereocenters. The van der Waals surface area contributed by atoms with Crippen LogP contribution in [0.15, 0.2) is 35.7 Å². The van der Waals surface area contributed by atoms with E-state index in [0.29, 0.717) is 14.8 Å². The lowest BCUT2D eigenvalue weighted by Gasteiger charge is -2.19. The van der Waals surface area contributed by atoms with Crippen molar-refractivity contribution >= 4 is 56.0 Å². The summed E-state index contributed by atoms with van der Waals surface area (Å²) in [7, 11) is -0.812. The number of allylic oxidation sites excluding steroid dienone is 1. The van der Waals surface area contributed by atoms with Crippen LogP contribution in [0.5, 0.6) is 0 Å². The quantitative estimate of drug-likeness (QED) is 0.680. The molecule has 0 spiro atoms. The number of carbonyl (C=O) groups is 2. The first-order valence-corrected chi connectivity index (χ1v) is 12.0. The van der Waals surface area contributed by atoms with E-state index < -0.39 is 27.8 Å². The predicted molar refractivity (Wildman–Crippen MR) is 120 cm³/mol. The van der Waals surface area contributed by atoms with Crippen molar-refractivity contribution in [3.05, 3.63) is 56.3 Å². The molecule has 11 heteroatoms. The zero-order valence-electron chi connectivity index (χ0n) is 17.1. The smallest absolute Gasteiger partial charge is 0.253 e. The van der Waals surface area contributed by atoms with Crippen LogP contribution in [0, 0.1) is 5.82 Å². The van der Waals surface area contributed by atoms with Crippen LogP contribution in [0.4, 0.5) is 10.1 Å². The van der Waals surface area contributed by atoms with Crippen LogP contribution in [0.3, 0.4) is 0 Å². The predicted octanol–water partition coefficient (Wildman–Crippen LogP) is 3.33. The molecule has 2 amide bonds. The van der Waals surface area contributed by atoms with Crippen molar-refractivity contribution in [2.45, 2.75) is 19.4 Å². The van der Waals surface area contributed by atoms with E-state index >= 15 is 0 Å². The maximum absolute atomic E-state index is 14.6. The SMILES string of the molecule is C/C(=C/S(=O)(=O)N[C@H]1CCN(c2ccc(C(=O)N(C)C)cc2F)C1=O)c1ccc(Cl)s1. The zero-order valence-corrected chi connectivity index (χ0v) is 19.4. The molecular formula is C20H21ClFN3O4S2. The van der Waals surface area contributed by atoms with Gasteiger partial charge in [-0.3, -0.25) is 9.59 Å². The Bertz CT molecular complexity index is 1160. The number of hydrogen-bond acceptors (Lipinski definition) is 5. The number of halogens is 2. The molecule has 7 nitrogen and oxygen atoms in total. The van der Waals surface area contributed by atoms with Gasteiger partial charge in [-0.15, -0.1) is 11.3 Å². The molecule has 1 aliphatic heterocycles. The number of nitrogens with one attached hydrogen (secondary N) is 1. The minimum Gasteiger partial charge on any atom is -0.345 e. The molecule has 166 valence electrons. The van der Waals surface area contributed by atoms with E-state index in [1.54, 1.807) is 33.2 Å². The third kappa shape index (κ3) is 5.32. The van der Waals surface area contributed by atoms with Crippen LogP contribution in [-0.4, -0.2) is 51.8 Å². The second-order valence-electron chi connectivity index (χ2n) is 7.26. The van der Waals surface area contributed by atoms with E-state index in [1.807, 2.05) is 0 Å². The summed E-state index contributed by atoms with van der Waals surface area (Å²) in [6, 6.07) is 6.23. The van der Waals surface area contributed by atoms with Gasteiger partial charge < -0.3 is 9.80 Å². The Kier molecular flexibility index (Phi) is 6.85. The molecule has 1 aliphatic rings. The van der Waals surface area contributed by atoms with Gasteiger partial charge in [0.15, 0.2) is 0 Å². The average molecular weight is 486 g/mol. The molecule has 0 bridgehead atoms. The second kappa shape index (κ2) is 9.07. The molecule has 0 aliphatic carbocycles. The first-order chi connectivity index (χ1) is 14.5. The third-order valence-electron chi connectivity index (χ3n) is 4.70. The summed E-state index contributed by atoms with van der Waals surface area (Å²) in [6.07, 6.45) is 0.188. The van der Waals surface area contributed by atoms with Crippen molar-refractivity contribution in [3.8, 4) is 0 Å². The van der Waals surface area contributed by atoms with Gasteiger partial charge in [0.1, 0.15) is 11.9 Å². The van der Waals surface area contributed by atoms with E-state index in [0.717, 1.165) is 11.5 Å². The van der Waals surface area contributed by atoms with Gasteiger partial charge in [-0.25, -0.2) is 12.8 Å². The van der Waals surface area contributed by atoms with Crippen LogP contribution < -0.4 is 9.62 Å². The molecule has 1 aromatic carbocycles. The number of hydrogen-bond donors (Lipinski definition) is 1. The highest BCUT2D eigenvalue weighted by Crippen LogP contribution is 2.29. The zero-order chi connectivity index (χ0) is 22.9. The van der Waals surface area contributed by atoms with Crippen molar-refractivity contribution in [1.82, 2.24) is 9.62 Å². The van der Waals surface area contributed by atoms with Crippen LogP contribution in [0.1, 0.15) is 28.6 Å². The Balaban J connectivity index is 1.75. The van der Waals surface area contributed by atoms with Crippen molar-refractivity contribution in [1.29, 1.82) is 0 Å². The summed E-state index contributed by atoms with van der Waals surface area (Å²) in [4.78, 5) is 27.9. The normalized spacial score (nSPS) is 17.3. The highest BCUT2D eigenvalue weighted by molar-refractivity contribution is 7.92. The summed E-state index contributed by atoms with van der Waals surface area (Å²) < 4.78 is 42.5. The van der Waals surface area contributed by atoms with Crippen molar-refractivity contribution in [2.24, 2.45) is 0 Å². The molecule has 3 rings (SSSR count). The second-order valence-corrected chi connectivity index (χ2v) is 10.5. The monoisotopic (exact) mass is 485 g/mol. The number of carbonyl (C=O) groups excluding carboxylic acids is 2. The summed E-state index contributed by atoms with van der Waals surface area (Å²) >= 11 is 7.13. The van der Waals surface area contributed by atoms with Gasteiger partial charge in [-0.2, -0.15) is 4.72 Å². The lowest BCUT2D eigenvalue weighted by atomic mass is 10.1. The average Bonchev–Trinajstić information content (AvgIpc) is 3.27. The largest absolute Gasteiger partial charge is 0.345 e. The van der Waals surface area contributed by atoms with E-state index in [1.165, 1.54) is 33.3 Å². The van der Waals surface area contributed by atoms with Crippen molar-refractivity contribution in [3.63, 3.8) is 0 Å². The maximum Gasteiger partial charge on any atom is 0.253 e. The van der Waals surface area contributed by atoms with Crippen LogP contribution in [0.2, 0.25) is 4.34 Å². The van der Waals surface area contributed by atoms with Gasteiger partial charge in [0.05, 0.1) is 15.4 Å². The van der Waals surface area contributed by atoms with Crippen molar-refractivity contribution < 1.29 is 22.4 Å². The standard InChI is InChI=1S/C20H21ClFN3O4S2/c1-12(17-6-7-18(21)30-17)11-31(28,29)23-15-8-9-25(20(15)27)16-5-4-13(10-14(16)22)19(26)24(2)3/h4-7,10-11,15,23H,8-9H2,1-3H3/b12-11-/t15-/m0/s1. The van der Waals surface area contributed by atoms with Gasteiger partial charge in [-0.05, 0) is 49.2 Å². The Labute approximate surface area is 189 Å². The molecular weight excluding hydrogens is 465 g/mol. The summed E-state index contributed by atoms with van der Waals surface area (Å²) in [5.74, 6) is -1.65. The van der Waals surface area contributed by atoms with Crippen molar-refractivity contribution in [2.75, 3.05) is 25.5 Å². The Morgan fingerprint density at radius 3 is 2.61 bits per heavy atom. The highest BCUT2D eigenvalue weighted by atomic mass is 35.5. The minimum atomic E-state index is -3.92. The van der Waals surface area contributed by atoms with E-state index in [4.69, 9.17) is 11.6 Å². The van der Waals surface area contributed by atoms with E-state index in [9.17, 15) is 22.4 Å².